The van der Waals surface area contributed by atoms with Crippen molar-refractivity contribution in [2.75, 3.05) is 13.1 Å². The molecule has 0 bridgehead atoms. The maximum Gasteiger partial charge on any atom is 0.134 e. The van der Waals surface area contributed by atoms with Crippen molar-refractivity contribution < 1.29 is 5.11 Å². The Bertz CT molecular complexity index is 314. The highest BCUT2D eigenvalue weighted by atomic mass is 35.5. The zero-order valence-corrected chi connectivity index (χ0v) is 10.1. The number of hydrogen-bond donors (Lipinski definition) is 1. The van der Waals surface area contributed by atoms with Crippen molar-refractivity contribution in [3.8, 4) is 5.75 Å². The van der Waals surface area contributed by atoms with Crippen LogP contribution >= 0.6 is 11.6 Å². The van der Waals surface area contributed by atoms with Gasteiger partial charge in [0.15, 0.2) is 0 Å². The lowest BCUT2D eigenvalue weighted by Crippen LogP contribution is -2.23. The standard InChI is InChI=1S/C12H18ClNO/c1-3-7-14(4-2)9-10-5-6-12(15)11(13)8-10/h5-6,8,15H,3-4,7,9H2,1-2H3. The third-order valence-corrected chi connectivity index (χ3v) is 2.71. The van der Waals surface area contributed by atoms with E-state index in [0.29, 0.717) is 5.02 Å². The van der Waals surface area contributed by atoms with Crippen LogP contribution in [0.1, 0.15) is 25.8 Å². The van der Waals surface area contributed by atoms with E-state index in [9.17, 15) is 5.11 Å². The van der Waals surface area contributed by atoms with Crippen molar-refractivity contribution in [3.63, 3.8) is 0 Å². The van der Waals surface area contributed by atoms with Crippen LogP contribution in [0.3, 0.4) is 0 Å². The normalized spacial score (nSPS) is 10.9. The minimum Gasteiger partial charge on any atom is -0.506 e. The summed E-state index contributed by atoms with van der Waals surface area (Å²) in [5, 5.41) is 9.72. The minimum absolute atomic E-state index is 0.152. The van der Waals surface area contributed by atoms with Crippen molar-refractivity contribution >= 4 is 11.6 Å². The summed E-state index contributed by atoms with van der Waals surface area (Å²) >= 11 is 5.85. The van der Waals surface area contributed by atoms with Gasteiger partial charge in [0.2, 0.25) is 0 Å². The molecule has 0 amide bonds. The van der Waals surface area contributed by atoms with Crippen molar-refractivity contribution in [1.82, 2.24) is 4.90 Å². The molecule has 0 aromatic heterocycles. The molecular formula is C12H18ClNO. The van der Waals surface area contributed by atoms with Crippen LogP contribution in [0.25, 0.3) is 0 Å². The number of halogens is 1. The van der Waals surface area contributed by atoms with Gasteiger partial charge < -0.3 is 5.11 Å². The predicted molar refractivity (Wildman–Crippen MR) is 64.4 cm³/mol. The molecule has 1 N–H and O–H groups in total. The lowest BCUT2D eigenvalue weighted by molar-refractivity contribution is 0.280. The number of phenolic OH excluding ortho intramolecular Hbond substituents is 1. The molecular weight excluding hydrogens is 210 g/mol. The Morgan fingerprint density at radius 3 is 2.60 bits per heavy atom. The summed E-state index contributed by atoms with van der Waals surface area (Å²) in [6, 6.07) is 5.40. The fourth-order valence-electron chi connectivity index (χ4n) is 1.57. The van der Waals surface area contributed by atoms with E-state index in [1.54, 1.807) is 6.07 Å². The highest BCUT2D eigenvalue weighted by Gasteiger charge is 2.04. The predicted octanol–water partition coefficient (Wildman–Crippen LogP) is 3.28. The second kappa shape index (κ2) is 5.99. The van der Waals surface area contributed by atoms with Crippen LogP contribution in [-0.4, -0.2) is 23.1 Å². The summed E-state index contributed by atoms with van der Waals surface area (Å²) in [4.78, 5) is 2.35. The number of benzene rings is 1. The van der Waals surface area contributed by atoms with Gasteiger partial charge in [-0.2, -0.15) is 0 Å². The third-order valence-electron chi connectivity index (χ3n) is 2.41. The average molecular weight is 228 g/mol. The van der Waals surface area contributed by atoms with Crippen LogP contribution in [0.15, 0.2) is 18.2 Å². The minimum atomic E-state index is 0.152. The van der Waals surface area contributed by atoms with Gasteiger partial charge in [-0.3, -0.25) is 4.90 Å². The topological polar surface area (TPSA) is 23.5 Å². The lowest BCUT2D eigenvalue weighted by Gasteiger charge is -2.19. The maximum atomic E-state index is 9.29. The van der Waals surface area contributed by atoms with Crippen molar-refractivity contribution in [2.24, 2.45) is 0 Å². The van der Waals surface area contributed by atoms with E-state index in [4.69, 9.17) is 11.6 Å². The van der Waals surface area contributed by atoms with E-state index < -0.39 is 0 Å². The van der Waals surface area contributed by atoms with Crippen LogP contribution in [-0.2, 0) is 6.54 Å². The SMILES string of the molecule is CCCN(CC)Cc1ccc(O)c(Cl)c1. The summed E-state index contributed by atoms with van der Waals surface area (Å²) in [7, 11) is 0. The first-order chi connectivity index (χ1) is 7.17. The summed E-state index contributed by atoms with van der Waals surface area (Å²) in [5.41, 5.74) is 1.15. The fraction of sp³-hybridized carbons (Fsp3) is 0.500. The maximum absolute atomic E-state index is 9.29. The molecule has 1 aromatic rings. The largest absolute Gasteiger partial charge is 0.506 e. The molecule has 1 aromatic carbocycles. The molecule has 3 heteroatoms. The molecule has 0 saturated heterocycles. The van der Waals surface area contributed by atoms with Crippen molar-refractivity contribution in [2.45, 2.75) is 26.8 Å². The van der Waals surface area contributed by atoms with E-state index in [1.165, 1.54) is 0 Å². The van der Waals surface area contributed by atoms with E-state index >= 15 is 0 Å². The van der Waals surface area contributed by atoms with Gasteiger partial charge in [0.05, 0.1) is 5.02 Å². The number of aromatic hydroxyl groups is 1. The van der Waals surface area contributed by atoms with Crippen LogP contribution in [0.2, 0.25) is 5.02 Å². The highest BCUT2D eigenvalue weighted by molar-refractivity contribution is 6.32. The zero-order valence-electron chi connectivity index (χ0n) is 9.33. The van der Waals surface area contributed by atoms with Gasteiger partial charge in [-0.25, -0.2) is 0 Å². The third kappa shape index (κ3) is 3.73. The zero-order chi connectivity index (χ0) is 11.3. The Labute approximate surface area is 96.5 Å². The molecule has 0 aliphatic rings. The average Bonchev–Trinajstić information content (AvgIpc) is 2.23. The van der Waals surface area contributed by atoms with Crippen molar-refractivity contribution in [1.29, 1.82) is 0 Å². The molecule has 2 nitrogen and oxygen atoms in total. The Morgan fingerprint density at radius 1 is 1.33 bits per heavy atom. The van der Waals surface area contributed by atoms with Gasteiger partial charge in [0, 0.05) is 6.54 Å². The van der Waals surface area contributed by atoms with Gasteiger partial charge in [0.25, 0.3) is 0 Å². The molecule has 0 heterocycles. The molecule has 84 valence electrons. The Hall–Kier alpha value is -0.730. The first kappa shape index (κ1) is 12.3. The first-order valence-electron chi connectivity index (χ1n) is 5.37. The molecule has 0 unspecified atom stereocenters. The van der Waals surface area contributed by atoms with Crippen molar-refractivity contribution in [3.05, 3.63) is 28.8 Å². The number of hydrogen-bond acceptors (Lipinski definition) is 2. The summed E-state index contributed by atoms with van der Waals surface area (Å²) in [6.07, 6.45) is 1.15. The van der Waals surface area contributed by atoms with Gasteiger partial charge in [-0.05, 0) is 37.2 Å². The lowest BCUT2D eigenvalue weighted by atomic mass is 10.2. The molecule has 0 aliphatic heterocycles. The molecule has 15 heavy (non-hydrogen) atoms. The van der Waals surface area contributed by atoms with Gasteiger partial charge in [-0.15, -0.1) is 0 Å². The Balaban J connectivity index is 2.66. The van der Waals surface area contributed by atoms with E-state index in [2.05, 4.69) is 18.7 Å². The summed E-state index contributed by atoms with van der Waals surface area (Å²) in [6.45, 7) is 7.34. The van der Waals surface area contributed by atoms with E-state index in [-0.39, 0.29) is 5.75 Å². The number of phenols is 1. The second-order valence-corrected chi connectivity index (χ2v) is 4.06. The van der Waals surface area contributed by atoms with Crippen LogP contribution < -0.4 is 0 Å². The van der Waals surface area contributed by atoms with Gasteiger partial charge >= 0.3 is 0 Å². The van der Waals surface area contributed by atoms with E-state index in [0.717, 1.165) is 31.6 Å². The van der Waals surface area contributed by atoms with E-state index in [1.807, 2.05) is 12.1 Å². The summed E-state index contributed by atoms with van der Waals surface area (Å²) < 4.78 is 0. The highest BCUT2D eigenvalue weighted by Crippen LogP contribution is 2.24. The van der Waals surface area contributed by atoms with Crippen LogP contribution in [0.5, 0.6) is 5.75 Å². The smallest absolute Gasteiger partial charge is 0.134 e. The first-order valence-corrected chi connectivity index (χ1v) is 5.75. The Morgan fingerprint density at radius 2 is 2.07 bits per heavy atom. The van der Waals surface area contributed by atoms with Gasteiger partial charge in [0.1, 0.15) is 5.75 Å². The molecule has 0 aliphatic carbocycles. The number of nitrogens with zero attached hydrogens (tertiary/aromatic N) is 1. The monoisotopic (exact) mass is 227 g/mol. The number of rotatable bonds is 5. The molecule has 0 atom stereocenters. The van der Waals surface area contributed by atoms with Crippen LogP contribution in [0.4, 0.5) is 0 Å². The molecule has 1 rings (SSSR count). The molecule has 0 radical (unpaired) electrons. The summed E-state index contributed by atoms with van der Waals surface area (Å²) in [5.74, 6) is 0.152. The molecule has 0 spiro atoms. The molecule has 0 saturated carbocycles. The second-order valence-electron chi connectivity index (χ2n) is 3.65. The quantitative estimate of drug-likeness (QED) is 0.835. The van der Waals surface area contributed by atoms with Gasteiger partial charge in [-0.1, -0.05) is 31.5 Å². The fourth-order valence-corrected chi connectivity index (χ4v) is 1.78. The molecule has 0 fully saturated rings. The van der Waals surface area contributed by atoms with Crippen LogP contribution in [0, 0.1) is 0 Å². The Kier molecular flexibility index (Phi) is 4.92.